The lowest BCUT2D eigenvalue weighted by Gasteiger charge is -2.17. The molecule has 3 aromatic rings. The Kier molecular flexibility index (Phi) is 4.60. The van der Waals surface area contributed by atoms with Crippen LogP contribution < -0.4 is 10.5 Å². The van der Waals surface area contributed by atoms with Crippen LogP contribution in [0.5, 0.6) is 5.75 Å². The fraction of sp³-hybridized carbons (Fsp3) is 0.263. The van der Waals surface area contributed by atoms with Gasteiger partial charge in [-0.2, -0.15) is 0 Å². The highest BCUT2D eigenvalue weighted by atomic mass is 35.5. The second kappa shape index (κ2) is 6.65. The minimum absolute atomic E-state index is 0.219. The van der Waals surface area contributed by atoms with Gasteiger partial charge in [0.1, 0.15) is 5.75 Å². The van der Waals surface area contributed by atoms with E-state index in [4.69, 9.17) is 22.1 Å². The van der Waals surface area contributed by atoms with E-state index in [1.54, 1.807) is 7.11 Å². The number of H-pyrrole nitrogens is 1. The molecule has 0 aliphatic rings. The molecule has 0 radical (unpaired) electrons. The third-order valence-corrected chi connectivity index (χ3v) is 4.70. The molecule has 0 saturated carbocycles. The molecule has 2 aromatic carbocycles. The summed E-state index contributed by atoms with van der Waals surface area (Å²) in [5, 5.41) is 1.89. The molecule has 3 rings (SSSR count). The molecule has 0 aliphatic heterocycles. The van der Waals surface area contributed by atoms with Crippen molar-refractivity contribution in [2.45, 2.75) is 19.3 Å². The Balaban J connectivity index is 1.95. The van der Waals surface area contributed by atoms with E-state index in [0.717, 1.165) is 12.0 Å². The van der Waals surface area contributed by atoms with Gasteiger partial charge in [0, 0.05) is 22.5 Å². The summed E-state index contributed by atoms with van der Waals surface area (Å²) in [5.74, 6) is 0.908. The average molecular weight is 329 g/mol. The van der Waals surface area contributed by atoms with Crippen molar-refractivity contribution in [1.82, 2.24) is 4.98 Å². The molecule has 3 nitrogen and oxygen atoms in total. The maximum absolute atomic E-state index is 6.27. The zero-order valence-corrected chi connectivity index (χ0v) is 14.2. The Morgan fingerprint density at radius 3 is 2.70 bits per heavy atom. The number of benzene rings is 2. The number of aromatic nitrogens is 1. The summed E-state index contributed by atoms with van der Waals surface area (Å²) in [6, 6.07) is 14.3. The highest BCUT2D eigenvalue weighted by Crippen LogP contribution is 2.32. The fourth-order valence-electron chi connectivity index (χ4n) is 3.12. The van der Waals surface area contributed by atoms with Crippen molar-refractivity contribution in [1.29, 1.82) is 0 Å². The molecule has 1 heterocycles. The van der Waals surface area contributed by atoms with Crippen molar-refractivity contribution >= 4 is 22.5 Å². The summed E-state index contributed by atoms with van der Waals surface area (Å²) in [5.41, 5.74) is 10.9. The van der Waals surface area contributed by atoms with E-state index in [0.29, 0.717) is 17.3 Å². The van der Waals surface area contributed by atoms with Crippen LogP contribution in [0.3, 0.4) is 0 Å². The fourth-order valence-corrected chi connectivity index (χ4v) is 3.38. The van der Waals surface area contributed by atoms with E-state index in [1.165, 1.54) is 22.2 Å². The molecule has 0 aliphatic carbocycles. The van der Waals surface area contributed by atoms with Crippen LogP contribution in [-0.2, 0) is 6.42 Å². The smallest absolute Gasteiger partial charge is 0.137 e. The quantitative estimate of drug-likeness (QED) is 0.728. The van der Waals surface area contributed by atoms with E-state index in [1.807, 2.05) is 24.3 Å². The zero-order valence-electron chi connectivity index (χ0n) is 13.4. The largest absolute Gasteiger partial charge is 0.495 e. The van der Waals surface area contributed by atoms with Crippen LogP contribution in [0.25, 0.3) is 10.9 Å². The highest BCUT2D eigenvalue weighted by molar-refractivity contribution is 6.32. The van der Waals surface area contributed by atoms with Crippen molar-refractivity contribution in [3.63, 3.8) is 0 Å². The Hall–Kier alpha value is -1.97. The van der Waals surface area contributed by atoms with Gasteiger partial charge in [-0.3, -0.25) is 0 Å². The average Bonchev–Trinajstić information content (AvgIpc) is 2.88. The van der Waals surface area contributed by atoms with Crippen molar-refractivity contribution in [2.24, 2.45) is 5.73 Å². The lowest BCUT2D eigenvalue weighted by molar-refractivity contribution is 0.414. The van der Waals surface area contributed by atoms with Crippen LogP contribution >= 0.6 is 11.6 Å². The number of aromatic amines is 1. The van der Waals surface area contributed by atoms with Gasteiger partial charge in [0.05, 0.1) is 12.1 Å². The van der Waals surface area contributed by atoms with Gasteiger partial charge in [-0.15, -0.1) is 0 Å². The number of ether oxygens (including phenoxy) is 1. The lowest BCUT2D eigenvalue weighted by atomic mass is 9.91. The first kappa shape index (κ1) is 15.9. The molecule has 4 heteroatoms. The first-order valence-corrected chi connectivity index (χ1v) is 8.11. The predicted octanol–water partition coefficient (Wildman–Crippen LogP) is 4.42. The van der Waals surface area contributed by atoms with Crippen molar-refractivity contribution in [3.8, 4) is 5.75 Å². The maximum Gasteiger partial charge on any atom is 0.137 e. The first-order valence-electron chi connectivity index (χ1n) is 7.73. The monoisotopic (exact) mass is 328 g/mol. The van der Waals surface area contributed by atoms with Crippen molar-refractivity contribution < 1.29 is 4.74 Å². The standard InChI is InChI=1S/C19H21ClN2O/c1-12-16(15-5-3-4-6-18(15)22-12)9-14(11-21)13-7-8-19(23-2)17(20)10-13/h3-8,10,14,22H,9,11,21H2,1-2H3. The van der Waals surface area contributed by atoms with E-state index in [-0.39, 0.29) is 5.92 Å². The summed E-state index contributed by atoms with van der Waals surface area (Å²) in [6.07, 6.45) is 0.884. The van der Waals surface area contributed by atoms with E-state index in [2.05, 4.69) is 30.1 Å². The molecule has 1 unspecified atom stereocenters. The SMILES string of the molecule is COc1ccc(C(CN)Cc2c(C)[nH]c3ccccc23)cc1Cl. The number of nitrogens with one attached hydrogen (secondary N) is 1. The number of rotatable bonds is 5. The van der Waals surface area contributed by atoms with Crippen LogP contribution in [0.1, 0.15) is 22.7 Å². The third kappa shape index (κ3) is 3.07. The summed E-state index contributed by atoms with van der Waals surface area (Å²) < 4.78 is 5.23. The van der Waals surface area contributed by atoms with Gasteiger partial charge in [-0.05, 0) is 49.2 Å². The van der Waals surface area contributed by atoms with Gasteiger partial charge in [-0.25, -0.2) is 0 Å². The van der Waals surface area contributed by atoms with E-state index >= 15 is 0 Å². The van der Waals surface area contributed by atoms with Gasteiger partial charge in [0.25, 0.3) is 0 Å². The molecule has 0 amide bonds. The molecule has 0 spiro atoms. The Morgan fingerprint density at radius 1 is 1.22 bits per heavy atom. The molecular formula is C19H21ClN2O. The Morgan fingerprint density at radius 2 is 2.00 bits per heavy atom. The zero-order chi connectivity index (χ0) is 16.4. The summed E-state index contributed by atoms with van der Waals surface area (Å²) in [4.78, 5) is 3.45. The third-order valence-electron chi connectivity index (χ3n) is 4.41. The van der Waals surface area contributed by atoms with Crippen LogP contribution in [0, 0.1) is 6.92 Å². The highest BCUT2D eigenvalue weighted by Gasteiger charge is 2.17. The second-order valence-electron chi connectivity index (χ2n) is 5.80. The molecule has 0 bridgehead atoms. The number of aryl methyl sites for hydroxylation is 1. The Labute approximate surface area is 141 Å². The molecule has 0 saturated heterocycles. The van der Waals surface area contributed by atoms with E-state index in [9.17, 15) is 0 Å². The van der Waals surface area contributed by atoms with Gasteiger partial charge in [0.15, 0.2) is 0 Å². The van der Waals surface area contributed by atoms with E-state index < -0.39 is 0 Å². The number of halogens is 1. The van der Waals surface area contributed by atoms with Gasteiger partial charge < -0.3 is 15.5 Å². The minimum Gasteiger partial charge on any atom is -0.495 e. The number of fused-ring (bicyclic) bond motifs is 1. The lowest BCUT2D eigenvalue weighted by Crippen LogP contribution is -2.15. The number of para-hydroxylation sites is 1. The van der Waals surface area contributed by atoms with Crippen molar-refractivity contribution in [2.75, 3.05) is 13.7 Å². The van der Waals surface area contributed by atoms with Gasteiger partial charge in [0.2, 0.25) is 0 Å². The Bertz CT molecular complexity index is 825. The number of hydrogen-bond donors (Lipinski definition) is 2. The minimum atomic E-state index is 0.219. The molecule has 1 atom stereocenters. The second-order valence-corrected chi connectivity index (χ2v) is 6.21. The van der Waals surface area contributed by atoms with Crippen LogP contribution in [0.2, 0.25) is 5.02 Å². The van der Waals surface area contributed by atoms with Gasteiger partial charge >= 0.3 is 0 Å². The molecule has 3 N–H and O–H groups in total. The molecule has 120 valence electrons. The predicted molar refractivity (Wildman–Crippen MR) is 96.5 cm³/mol. The number of hydrogen-bond acceptors (Lipinski definition) is 2. The summed E-state index contributed by atoms with van der Waals surface area (Å²) in [7, 11) is 1.62. The van der Waals surface area contributed by atoms with Crippen LogP contribution in [0.4, 0.5) is 0 Å². The van der Waals surface area contributed by atoms with Crippen LogP contribution in [0.15, 0.2) is 42.5 Å². The van der Waals surface area contributed by atoms with Gasteiger partial charge in [-0.1, -0.05) is 35.9 Å². The van der Waals surface area contributed by atoms with Crippen LogP contribution in [-0.4, -0.2) is 18.6 Å². The molecule has 0 fully saturated rings. The molecular weight excluding hydrogens is 308 g/mol. The first-order chi connectivity index (χ1) is 11.1. The summed E-state index contributed by atoms with van der Waals surface area (Å²) in [6.45, 7) is 2.69. The number of methoxy groups -OCH3 is 1. The summed E-state index contributed by atoms with van der Waals surface area (Å²) >= 11 is 6.27. The number of nitrogens with two attached hydrogens (primary N) is 1. The molecule has 23 heavy (non-hydrogen) atoms. The topological polar surface area (TPSA) is 51.0 Å². The maximum atomic E-state index is 6.27. The normalized spacial score (nSPS) is 12.5. The van der Waals surface area contributed by atoms with Crippen molar-refractivity contribution in [3.05, 3.63) is 64.3 Å². The molecule has 1 aromatic heterocycles.